The zero-order chi connectivity index (χ0) is 18.8. The second kappa shape index (κ2) is 10.4. The highest BCUT2D eigenvalue weighted by atomic mass is 16.6. The van der Waals surface area contributed by atoms with Crippen LogP contribution in [0.15, 0.2) is 24.3 Å². The van der Waals surface area contributed by atoms with E-state index in [1.54, 1.807) is 12.1 Å². The van der Waals surface area contributed by atoms with E-state index in [1.807, 2.05) is 0 Å². The van der Waals surface area contributed by atoms with E-state index < -0.39 is 4.92 Å². The smallest absolute Gasteiger partial charge is 0.269 e. The van der Waals surface area contributed by atoms with Crippen LogP contribution in [0.25, 0.3) is 0 Å². The summed E-state index contributed by atoms with van der Waals surface area (Å²) in [6.07, 6.45) is 5.77. The fourth-order valence-electron chi connectivity index (χ4n) is 2.96. The summed E-state index contributed by atoms with van der Waals surface area (Å²) >= 11 is 0. The van der Waals surface area contributed by atoms with E-state index in [4.69, 9.17) is 0 Å². The molecule has 142 valence electrons. The molecule has 1 saturated carbocycles. The number of non-ortho nitro benzene ring substituents is 1. The molecule has 2 rings (SSSR count). The maximum Gasteiger partial charge on any atom is 0.269 e. The number of nitrogens with zero attached hydrogens (tertiary/aromatic N) is 1. The van der Waals surface area contributed by atoms with Crippen molar-refractivity contribution in [3.63, 3.8) is 0 Å². The highest BCUT2D eigenvalue weighted by Gasteiger charge is 2.16. The Morgan fingerprint density at radius 2 is 1.73 bits per heavy atom. The number of carbonyl (C=O) groups excluding carboxylic acids is 2. The summed E-state index contributed by atoms with van der Waals surface area (Å²) in [5.74, 6) is -0.0822. The van der Waals surface area contributed by atoms with Gasteiger partial charge in [-0.3, -0.25) is 19.7 Å². The zero-order valence-corrected chi connectivity index (χ0v) is 14.8. The molecule has 0 radical (unpaired) electrons. The van der Waals surface area contributed by atoms with Crippen molar-refractivity contribution < 1.29 is 14.5 Å². The van der Waals surface area contributed by atoms with Gasteiger partial charge in [-0.05, 0) is 31.4 Å². The number of hydrogen-bond donors (Lipinski definition) is 3. The van der Waals surface area contributed by atoms with Gasteiger partial charge in [-0.25, -0.2) is 0 Å². The lowest BCUT2D eigenvalue weighted by Gasteiger charge is -2.12. The van der Waals surface area contributed by atoms with E-state index in [-0.39, 0.29) is 17.5 Å². The first-order valence-electron chi connectivity index (χ1n) is 9.09. The van der Waals surface area contributed by atoms with Gasteiger partial charge in [0.1, 0.15) is 0 Å². The number of rotatable bonds is 10. The van der Waals surface area contributed by atoms with Crippen LogP contribution in [0, 0.1) is 10.1 Å². The van der Waals surface area contributed by atoms with Crippen LogP contribution in [0.3, 0.4) is 0 Å². The summed E-state index contributed by atoms with van der Waals surface area (Å²) < 4.78 is 0. The van der Waals surface area contributed by atoms with Crippen molar-refractivity contribution >= 4 is 23.2 Å². The topological polar surface area (TPSA) is 113 Å². The lowest BCUT2D eigenvalue weighted by atomic mass is 10.2. The lowest BCUT2D eigenvalue weighted by molar-refractivity contribution is -0.384. The average Bonchev–Trinajstić information content (AvgIpc) is 3.12. The Morgan fingerprint density at radius 3 is 2.38 bits per heavy atom. The molecule has 0 saturated heterocycles. The Hall–Kier alpha value is -2.64. The molecule has 26 heavy (non-hydrogen) atoms. The van der Waals surface area contributed by atoms with Crippen LogP contribution in [0.1, 0.15) is 44.9 Å². The van der Waals surface area contributed by atoms with E-state index in [0.29, 0.717) is 38.4 Å². The minimum Gasteiger partial charge on any atom is -0.385 e. The third kappa shape index (κ3) is 7.08. The normalized spacial score (nSPS) is 14.0. The highest BCUT2D eigenvalue weighted by molar-refractivity contribution is 5.79. The number of carbonyl (C=O) groups is 2. The highest BCUT2D eigenvalue weighted by Crippen LogP contribution is 2.17. The van der Waals surface area contributed by atoms with Crippen LogP contribution < -0.4 is 16.0 Å². The van der Waals surface area contributed by atoms with Gasteiger partial charge in [0, 0.05) is 49.8 Å². The summed E-state index contributed by atoms with van der Waals surface area (Å²) in [5, 5.41) is 19.4. The summed E-state index contributed by atoms with van der Waals surface area (Å²) in [7, 11) is 0. The summed E-state index contributed by atoms with van der Waals surface area (Å²) in [5.41, 5.74) is 0.825. The number of nitrogens with one attached hydrogen (secondary N) is 3. The first-order chi connectivity index (χ1) is 12.5. The lowest BCUT2D eigenvalue weighted by Crippen LogP contribution is -2.35. The van der Waals surface area contributed by atoms with Crippen LogP contribution in [0.2, 0.25) is 0 Å². The molecule has 1 aromatic carbocycles. The van der Waals surface area contributed by atoms with Crippen molar-refractivity contribution in [1.29, 1.82) is 0 Å². The molecule has 1 aromatic rings. The zero-order valence-electron chi connectivity index (χ0n) is 14.8. The average molecular weight is 362 g/mol. The van der Waals surface area contributed by atoms with Gasteiger partial charge in [-0.2, -0.15) is 0 Å². The number of hydrogen-bond acceptors (Lipinski definition) is 5. The van der Waals surface area contributed by atoms with Crippen LogP contribution in [0.5, 0.6) is 0 Å². The van der Waals surface area contributed by atoms with Crippen molar-refractivity contribution in [3.8, 4) is 0 Å². The summed E-state index contributed by atoms with van der Waals surface area (Å²) in [4.78, 5) is 33.6. The molecular formula is C18H26N4O4. The molecule has 0 atom stereocenters. The van der Waals surface area contributed by atoms with Gasteiger partial charge in [-0.15, -0.1) is 0 Å². The Bertz CT molecular complexity index is 612. The Balaban J connectivity index is 1.51. The molecule has 0 spiro atoms. The molecule has 8 heteroatoms. The molecule has 0 aliphatic heterocycles. The quantitative estimate of drug-likeness (QED) is 0.336. The van der Waals surface area contributed by atoms with Gasteiger partial charge in [0.25, 0.3) is 5.69 Å². The predicted octanol–water partition coefficient (Wildman–Crippen LogP) is 2.35. The minimum atomic E-state index is -0.442. The predicted molar refractivity (Wildman–Crippen MR) is 98.8 cm³/mol. The summed E-state index contributed by atoms with van der Waals surface area (Å²) in [6, 6.07) is 6.46. The molecule has 0 bridgehead atoms. The Labute approximate surface area is 152 Å². The SMILES string of the molecule is O=C(CCCNc1ccc([N+](=O)[O-])cc1)NCCC(=O)NC1CCCC1. The fraction of sp³-hybridized carbons (Fsp3) is 0.556. The molecule has 1 aliphatic carbocycles. The van der Waals surface area contributed by atoms with Crippen LogP contribution in [-0.2, 0) is 9.59 Å². The maximum atomic E-state index is 11.8. The number of nitro benzene ring substituents is 1. The largest absolute Gasteiger partial charge is 0.385 e. The van der Waals surface area contributed by atoms with E-state index in [0.717, 1.165) is 18.5 Å². The second-order valence-corrected chi connectivity index (χ2v) is 6.48. The maximum absolute atomic E-state index is 11.8. The van der Waals surface area contributed by atoms with E-state index in [2.05, 4.69) is 16.0 Å². The molecule has 2 amide bonds. The van der Waals surface area contributed by atoms with Gasteiger partial charge in [0.15, 0.2) is 0 Å². The minimum absolute atomic E-state index is 0.00274. The summed E-state index contributed by atoms with van der Waals surface area (Å²) in [6.45, 7) is 0.945. The van der Waals surface area contributed by atoms with E-state index in [9.17, 15) is 19.7 Å². The molecule has 1 aliphatic rings. The first kappa shape index (κ1) is 19.7. The monoisotopic (exact) mass is 362 g/mol. The van der Waals surface area contributed by atoms with Crippen LogP contribution in [-0.4, -0.2) is 35.9 Å². The first-order valence-corrected chi connectivity index (χ1v) is 9.09. The molecule has 0 heterocycles. The van der Waals surface area contributed by atoms with Gasteiger partial charge >= 0.3 is 0 Å². The third-order valence-electron chi connectivity index (χ3n) is 4.38. The van der Waals surface area contributed by atoms with Crippen molar-refractivity contribution in [2.45, 2.75) is 51.0 Å². The Morgan fingerprint density at radius 1 is 1.04 bits per heavy atom. The van der Waals surface area contributed by atoms with Crippen LogP contribution >= 0.6 is 0 Å². The van der Waals surface area contributed by atoms with Crippen LogP contribution in [0.4, 0.5) is 11.4 Å². The van der Waals surface area contributed by atoms with Crippen molar-refractivity contribution in [1.82, 2.24) is 10.6 Å². The van der Waals surface area contributed by atoms with Crippen molar-refractivity contribution in [3.05, 3.63) is 34.4 Å². The van der Waals surface area contributed by atoms with Gasteiger partial charge in [0.2, 0.25) is 11.8 Å². The molecule has 1 fully saturated rings. The van der Waals surface area contributed by atoms with Gasteiger partial charge in [0.05, 0.1) is 4.92 Å². The van der Waals surface area contributed by atoms with Crippen molar-refractivity contribution in [2.75, 3.05) is 18.4 Å². The number of amides is 2. The molecule has 8 nitrogen and oxygen atoms in total. The number of nitro groups is 1. The molecule has 0 aromatic heterocycles. The second-order valence-electron chi connectivity index (χ2n) is 6.48. The van der Waals surface area contributed by atoms with E-state index >= 15 is 0 Å². The molecule has 0 unspecified atom stereocenters. The molecular weight excluding hydrogens is 336 g/mol. The molecule has 3 N–H and O–H groups in total. The Kier molecular flexibility index (Phi) is 7.85. The van der Waals surface area contributed by atoms with Crippen molar-refractivity contribution in [2.24, 2.45) is 0 Å². The van der Waals surface area contributed by atoms with Gasteiger partial charge < -0.3 is 16.0 Å². The fourth-order valence-corrected chi connectivity index (χ4v) is 2.96. The van der Waals surface area contributed by atoms with Gasteiger partial charge in [-0.1, -0.05) is 12.8 Å². The number of benzene rings is 1. The standard InChI is InChI=1S/C18H26N4O4/c23-17(20-13-11-18(24)21-15-4-1-2-5-15)6-3-12-19-14-7-9-16(10-8-14)22(25)26/h7-10,15,19H,1-6,11-13H2,(H,20,23)(H,21,24). The number of anilines is 1. The third-order valence-corrected chi connectivity index (χ3v) is 4.38. The van der Waals surface area contributed by atoms with E-state index in [1.165, 1.54) is 25.0 Å².